The number of aromatic nitrogens is 2. The standard InChI is InChI=1S/C24H31F2N3O4/c1-6-8-16-19(12-27-20(16)23(30)32-13-14(3)4)33-22-21(24(25,26)7-2)28-17-10-9-15(31-5)11-18(17)29-22/h7,9-11,14,16,19-20,27H,2,6,8,12-13H2,1,3-5H3/t16-,19+,20+/m1/s1. The Labute approximate surface area is 192 Å². The molecule has 1 fully saturated rings. The zero-order chi connectivity index (χ0) is 24.2. The Balaban J connectivity index is 1.95. The largest absolute Gasteiger partial charge is 0.497 e. The highest BCUT2D eigenvalue weighted by Crippen LogP contribution is 2.37. The maximum atomic E-state index is 14.7. The van der Waals surface area contributed by atoms with Gasteiger partial charge in [-0.1, -0.05) is 33.8 Å². The van der Waals surface area contributed by atoms with Crippen LogP contribution in [0.2, 0.25) is 0 Å². The van der Waals surface area contributed by atoms with Gasteiger partial charge in [-0.2, -0.15) is 8.78 Å². The number of rotatable bonds is 10. The van der Waals surface area contributed by atoms with Crippen molar-refractivity contribution < 1.29 is 27.8 Å². The first-order chi connectivity index (χ1) is 15.7. The zero-order valence-electron chi connectivity index (χ0n) is 19.4. The molecule has 180 valence electrons. The van der Waals surface area contributed by atoms with E-state index in [4.69, 9.17) is 14.2 Å². The molecule has 0 radical (unpaired) electrons. The Morgan fingerprint density at radius 1 is 1.33 bits per heavy atom. The van der Waals surface area contributed by atoms with Crippen LogP contribution < -0.4 is 14.8 Å². The number of hydrogen-bond acceptors (Lipinski definition) is 7. The van der Waals surface area contributed by atoms with E-state index in [1.165, 1.54) is 7.11 Å². The number of allylic oxidation sites excluding steroid dienone is 1. The van der Waals surface area contributed by atoms with E-state index < -0.39 is 23.8 Å². The first-order valence-corrected chi connectivity index (χ1v) is 11.1. The van der Waals surface area contributed by atoms with Crippen LogP contribution in [0.1, 0.15) is 39.3 Å². The fraction of sp³-hybridized carbons (Fsp3) is 0.542. The molecule has 0 aliphatic carbocycles. The van der Waals surface area contributed by atoms with Crippen LogP contribution in [0.5, 0.6) is 11.6 Å². The molecule has 3 atom stereocenters. The third kappa shape index (κ3) is 5.58. The van der Waals surface area contributed by atoms with Crippen molar-refractivity contribution in [1.82, 2.24) is 15.3 Å². The number of fused-ring (bicyclic) bond motifs is 1. The average molecular weight is 464 g/mol. The van der Waals surface area contributed by atoms with Crippen LogP contribution in [0, 0.1) is 11.8 Å². The molecule has 33 heavy (non-hydrogen) atoms. The Morgan fingerprint density at radius 3 is 2.73 bits per heavy atom. The summed E-state index contributed by atoms with van der Waals surface area (Å²) in [5, 5.41) is 3.14. The summed E-state index contributed by atoms with van der Waals surface area (Å²) in [4.78, 5) is 21.1. The molecule has 0 spiro atoms. The van der Waals surface area contributed by atoms with Gasteiger partial charge in [0, 0.05) is 18.5 Å². The SMILES string of the molecule is C=CC(F)(F)c1nc2ccc(OC)cc2nc1O[C@H]1CN[C@H](C(=O)OCC(C)C)[C@@H]1CCC. The molecule has 0 saturated carbocycles. The molecule has 0 unspecified atom stereocenters. The quantitative estimate of drug-likeness (QED) is 0.417. The van der Waals surface area contributed by atoms with Crippen molar-refractivity contribution in [2.45, 2.75) is 51.7 Å². The predicted molar refractivity (Wildman–Crippen MR) is 121 cm³/mol. The Bertz CT molecular complexity index is 999. The fourth-order valence-electron chi connectivity index (χ4n) is 3.86. The number of halogens is 2. The molecular formula is C24H31F2N3O4. The number of carbonyl (C=O) groups is 1. The van der Waals surface area contributed by atoms with Gasteiger partial charge in [-0.25, -0.2) is 9.97 Å². The molecule has 3 rings (SSSR count). The van der Waals surface area contributed by atoms with Gasteiger partial charge < -0.3 is 19.5 Å². The first-order valence-electron chi connectivity index (χ1n) is 11.1. The molecule has 1 saturated heterocycles. The minimum atomic E-state index is -3.45. The van der Waals surface area contributed by atoms with Crippen molar-refractivity contribution in [3.05, 3.63) is 36.5 Å². The second kappa shape index (κ2) is 10.4. The van der Waals surface area contributed by atoms with Gasteiger partial charge in [0.05, 0.1) is 24.8 Å². The number of nitrogens with zero attached hydrogens (tertiary/aromatic N) is 2. The summed E-state index contributed by atoms with van der Waals surface area (Å²) in [5.74, 6) is -3.63. The monoisotopic (exact) mass is 463 g/mol. The molecule has 0 bridgehead atoms. The summed E-state index contributed by atoms with van der Waals surface area (Å²) in [7, 11) is 1.50. The van der Waals surface area contributed by atoms with Crippen LogP contribution in [-0.4, -0.2) is 48.3 Å². The van der Waals surface area contributed by atoms with E-state index in [9.17, 15) is 13.6 Å². The number of carbonyl (C=O) groups excluding carboxylic acids is 1. The number of alkyl halides is 2. The van der Waals surface area contributed by atoms with Crippen LogP contribution in [0.4, 0.5) is 8.78 Å². The molecule has 2 heterocycles. The molecule has 1 N–H and O–H groups in total. The topological polar surface area (TPSA) is 82.6 Å². The summed E-state index contributed by atoms with van der Waals surface area (Å²) in [5.41, 5.74) is 0.0274. The number of nitrogens with one attached hydrogen (secondary N) is 1. The summed E-state index contributed by atoms with van der Waals surface area (Å²) < 4.78 is 46.1. The van der Waals surface area contributed by atoms with Gasteiger partial charge in [-0.15, -0.1) is 0 Å². The van der Waals surface area contributed by atoms with E-state index in [2.05, 4.69) is 21.9 Å². The number of benzene rings is 1. The normalized spacial score (nSPS) is 20.8. The summed E-state index contributed by atoms with van der Waals surface area (Å²) in [6, 6.07) is 4.21. The van der Waals surface area contributed by atoms with Crippen LogP contribution in [0.25, 0.3) is 11.0 Å². The van der Waals surface area contributed by atoms with Crippen LogP contribution in [0.15, 0.2) is 30.9 Å². The zero-order valence-corrected chi connectivity index (χ0v) is 19.4. The van der Waals surface area contributed by atoms with Gasteiger partial charge in [-0.3, -0.25) is 4.79 Å². The van der Waals surface area contributed by atoms with Crippen molar-refractivity contribution in [2.24, 2.45) is 11.8 Å². The highest BCUT2D eigenvalue weighted by Gasteiger charge is 2.43. The van der Waals surface area contributed by atoms with Crippen molar-refractivity contribution in [3.8, 4) is 11.6 Å². The first kappa shape index (κ1) is 24.8. The maximum Gasteiger partial charge on any atom is 0.323 e. The lowest BCUT2D eigenvalue weighted by atomic mass is 9.93. The Hall–Kier alpha value is -2.81. The van der Waals surface area contributed by atoms with Crippen molar-refractivity contribution >= 4 is 17.0 Å². The summed E-state index contributed by atoms with van der Waals surface area (Å²) in [6.45, 7) is 9.75. The highest BCUT2D eigenvalue weighted by atomic mass is 19.3. The minimum Gasteiger partial charge on any atom is -0.497 e. The van der Waals surface area contributed by atoms with E-state index in [1.807, 2.05) is 20.8 Å². The van der Waals surface area contributed by atoms with Gasteiger partial charge in [-0.05, 0) is 30.5 Å². The van der Waals surface area contributed by atoms with E-state index in [0.29, 0.717) is 36.9 Å². The second-order valence-corrected chi connectivity index (χ2v) is 8.58. The molecule has 2 aromatic rings. The number of methoxy groups -OCH3 is 1. The van der Waals surface area contributed by atoms with Crippen molar-refractivity contribution in [3.63, 3.8) is 0 Å². The van der Waals surface area contributed by atoms with Crippen molar-refractivity contribution in [1.29, 1.82) is 0 Å². The second-order valence-electron chi connectivity index (χ2n) is 8.58. The lowest BCUT2D eigenvalue weighted by molar-refractivity contribution is -0.148. The molecule has 0 amide bonds. The van der Waals surface area contributed by atoms with E-state index in [0.717, 1.165) is 6.42 Å². The fourth-order valence-corrected chi connectivity index (χ4v) is 3.86. The molecule has 9 heteroatoms. The number of ether oxygens (including phenoxy) is 3. The maximum absolute atomic E-state index is 14.7. The highest BCUT2D eigenvalue weighted by molar-refractivity contribution is 5.77. The van der Waals surface area contributed by atoms with E-state index in [1.54, 1.807) is 18.2 Å². The van der Waals surface area contributed by atoms with Gasteiger partial charge in [0.2, 0.25) is 5.88 Å². The molecule has 1 aliphatic heterocycles. The number of esters is 1. The molecular weight excluding hydrogens is 432 g/mol. The van der Waals surface area contributed by atoms with E-state index >= 15 is 0 Å². The van der Waals surface area contributed by atoms with E-state index in [-0.39, 0.29) is 29.2 Å². The Kier molecular flexibility index (Phi) is 7.84. The van der Waals surface area contributed by atoms with Gasteiger partial charge in [0.15, 0.2) is 5.69 Å². The van der Waals surface area contributed by atoms with Crippen LogP contribution in [0.3, 0.4) is 0 Å². The minimum absolute atomic E-state index is 0.209. The third-order valence-corrected chi connectivity index (χ3v) is 5.55. The molecule has 1 aliphatic rings. The molecule has 1 aromatic carbocycles. The summed E-state index contributed by atoms with van der Waals surface area (Å²) >= 11 is 0. The average Bonchev–Trinajstić information content (AvgIpc) is 3.18. The van der Waals surface area contributed by atoms with Gasteiger partial charge in [0.25, 0.3) is 0 Å². The van der Waals surface area contributed by atoms with Crippen LogP contribution in [-0.2, 0) is 15.5 Å². The Morgan fingerprint density at radius 2 is 2.09 bits per heavy atom. The summed E-state index contributed by atoms with van der Waals surface area (Å²) in [6.07, 6.45) is 1.40. The van der Waals surface area contributed by atoms with Crippen molar-refractivity contribution in [2.75, 3.05) is 20.3 Å². The molecule has 1 aromatic heterocycles. The lowest BCUT2D eigenvalue weighted by Crippen LogP contribution is -2.39. The predicted octanol–water partition coefficient (Wildman–Crippen LogP) is 4.25. The number of hydrogen-bond donors (Lipinski definition) is 1. The van der Waals surface area contributed by atoms with Gasteiger partial charge in [0.1, 0.15) is 17.9 Å². The third-order valence-electron chi connectivity index (χ3n) is 5.55. The van der Waals surface area contributed by atoms with Gasteiger partial charge >= 0.3 is 11.9 Å². The van der Waals surface area contributed by atoms with Crippen LogP contribution >= 0.6 is 0 Å². The molecule has 7 nitrogen and oxygen atoms in total. The lowest BCUT2D eigenvalue weighted by Gasteiger charge is -2.25. The smallest absolute Gasteiger partial charge is 0.323 e.